The van der Waals surface area contributed by atoms with Crippen LogP contribution in [-0.2, 0) is 4.79 Å². The summed E-state index contributed by atoms with van der Waals surface area (Å²) in [6, 6.07) is 18.4. The summed E-state index contributed by atoms with van der Waals surface area (Å²) in [5.74, 6) is -0.773. The maximum absolute atomic E-state index is 12.5. The summed E-state index contributed by atoms with van der Waals surface area (Å²) >= 11 is 6.33. The number of hydrogen-bond donors (Lipinski definition) is 0. The second-order valence-corrected chi connectivity index (χ2v) is 6.66. The molecule has 118 valence electrons. The lowest BCUT2D eigenvalue weighted by molar-refractivity contribution is -0.120. The highest BCUT2D eigenvalue weighted by Gasteiger charge is 2.36. The van der Waals surface area contributed by atoms with Crippen molar-refractivity contribution in [2.75, 3.05) is 0 Å². The lowest BCUT2D eigenvalue weighted by Gasteiger charge is -2.12. The topological polar surface area (TPSA) is 37.4 Å². The fraction of sp³-hybridized carbons (Fsp3) is 0. The molecule has 0 aromatic heterocycles. The first kappa shape index (κ1) is 16.4. The van der Waals surface area contributed by atoms with Gasteiger partial charge in [-0.15, -0.1) is 0 Å². The van der Waals surface area contributed by atoms with Crippen molar-refractivity contribution in [2.45, 2.75) is 0 Å². The average Bonchev–Trinajstić information content (AvgIpc) is 2.90. The quantitative estimate of drug-likeness (QED) is 0.470. The molecule has 1 fully saturated rings. The lowest BCUT2D eigenvalue weighted by Crippen LogP contribution is -2.34. The molecule has 0 saturated carbocycles. The molecule has 3 nitrogen and oxygen atoms in total. The number of benzene rings is 2. The normalized spacial score (nSPS) is 16.3. The molecule has 1 aliphatic heterocycles. The van der Waals surface area contributed by atoms with Gasteiger partial charge in [0, 0.05) is 5.56 Å². The van der Waals surface area contributed by atoms with Gasteiger partial charge >= 0.3 is 0 Å². The summed E-state index contributed by atoms with van der Waals surface area (Å²) in [5.41, 5.74) is 1.47. The predicted octanol–water partition coefficient (Wildman–Crippen LogP) is 4.28. The second-order valence-electron chi connectivity index (χ2n) is 4.98. The van der Waals surface area contributed by atoms with Crippen molar-refractivity contribution in [3.8, 4) is 0 Å². The Morgan fingerprint density at radius 1 is 1.00 bits per heavy atom. The molecule has 0 radical (unpaired) electrons. The fourth-order valence-electron chi connectivity index (χ4n) is 2.18. The average molecular weight is 351 g/mol. The minimum absolute atomic E-state index is 0.258. The number of carbonyl (C=O) groups is 2. The third kappa shape index (κ3) is 3.53. The minimum Gasteiger partial charge on any atom is -0.268 e. The molecule has 3 rings (SSSR count). The van der Waals surface area contributed by atoms with Gasteiger partial charge in [0.2, 0.25) is 0 Å². The first-order chi connectivity index (χ1) is 11.7. The molecule has 0 bridgehead atoms. The monoisotopic (exact) mass is 351 g/mol. The van der Waals surface area contributed by atoms with Gasteiger partial charge in [-0.3, -0.25) is 9.59 Å². The smallest absolute Gasteiger partial charge is 0.268 e. The van der Waals surface area contributed by atoms with Gasteiger partial charge in [0.1, 0.15) is 0 Å². The summed E-state index contributed by atoms with van der Waals surface area (Å²) in [6.07, 6.45) is 5.37. The van der Waals surface area contributed by atoms with E-state index in [9.17, 15) is 9.59 Å². The molecular weight excluding hydrogens is 338 g/mol. The van der Waals surface area contributed by atoms with Crippen molar-refractivity contribution in [3.63, 3.8) is 0 Å². The molecule has 1 saturated heterocycles. The van der Waals surface area contributed by atoms with Gasteiger partial charge in [0.05, 0.1) is 4.91 Å². The number of rotatable bonds is 3. The highest BCUT2D eigenvalue weighted by atomic mass is 32.2. The molecule has 0 N–H and O–H groups in total. The van der Waals surface area contributed by atoms with Crippen LogP contribution in [0.15, 0.2) is 77.7 Å². The molecule has 1 aliphatic rings. The first-order valence-corrected chi connectivity index (χ1v) is 8.48. The van der Waals surface area contributed by atoms with E-state index in [-0.39, 0.29) is 10.2 Å². The number of imide groups is 1. The number of thioether (sulfide) groups is 1. The molecular formula is C19H13NO2S2. The Morgan fingerprint density at radius 2 is 1.62 bits per heavy atom. The van der Waals surface area contributed by atoms with E-state index in [1.165, 1.54) is 0 Å². The van der Waals surface area contributed by atoms with Crippen LogP contribution in [0.1, 0.15) is 15.9 Å². The molecule has 0 atom stereocenters. The van der Waals surface area contributed by atoms with Crippen molar-refractivity contribution < 1.29 is 9.59 Å². The van der Waals surface area contributed by atoms with Crippen LogP contribution in [0.25, 0.3) is 6.08 Å². The molecule has 24 heavy (non-hydrogen) atoms. The Bertz CT molecular complexity index is 842. The fourth-order valence-corrected chi connectivity index (χ4v) is 3.38. The van der Waals surface area contributed by atoms with Crippen LogP contribution < -0.4 is 0 Å². The van der Waals surface area contributed by atoms with Gasteiger partial charge in [0.25, 0.3) is 11.8 Å². The van der Waals surface area contributed by atoms with Gasteiger partial charge in [0.15, 0.2) is 4.32 Å². The minimum atomic E-state index is -0.395. The van der Waals surface area contributed by atoms with E-state index in [4.69, 9.17) is 12.2 Å². The number of allylic oxidation sites excluding steroid dienone is 2. The number of amides is 2. The van der Waals surface area contributed by atoms with Crippen LogP contribution in [0.5, 0.6) is 0 Å². The highest BCUT2D eigenvalue weighted by Crippen LogP contribution is 2.32. The molecule has 1 heterocycles. The molecule has 0 aliphatic carbocycles. The number of nitrogens with zero attached hydrogens (tertiary/aromatic N) is 1. The van der Waals surface area contributed by atoms with Crippen LogP contribution >= 0.6 is 24.0 Å². The van der Waals surface area contributed by atoms with Gasteiger partial charge in [-0.1, -0.05) is 84.7 Å². The number of carbonyl (C=O) groups excluding carboxylic acids is 2. The van der Waals surface area contributed by atoms with Crippen molar-refractivity contribution >= 4 is 46.2 Å². The Labute approximate surface area is 149 Å². The maximum atomic E-state index is 12.5. The zero-order valence-corrected chi connectivity index (χ0v) is 14.2. The summed E-state index contributed by atoms with van der Waals surface area (Å²) in [5, 5.41) is 0. The Kier molecular flexibility index (Phi) is 5.03. The Morgan fingerprint density at radius 3 is 2.29 bits per heavy atom. The molecule has 5 heteroatoms. The van der Waals surface area contributed by atoms with Crippen molar-refractivity contribution in [1.29, 1.82) is 0 Å². The third-order valence-electron chi connectivity index (χ3n) is 3.35. The molecule has 0 spiro atoms. The van der Waals surface area contributed by atoms with Crippen LogP contribution in [0.4, 0.5) is 0 Å². The lowest BCUT2D eigenvalue weighted by atomic mass is 10.2. The van der Waals surface area contributed by atoms with Crippen LogP contribution in [0.3, 0.4) is 0 Å². The zero-order valence-electron chi connectivity index (χ0n) is 12.6. The van der Waals surface area contributed by atoms with Crippen LogP contribution in [0.2, 0.25) is 0 Å². The molecule has 2 amide bonds. The summed E-state index contributed by atoms with van der Waals surface area (Å²) in [7, 11) is 0. The van der Waals surface area contributed by atoms with Crippen molar-refractivity contribution in [2.24, 2.45) is 0 Å². The van der Waals surface area contributed by atoms with E-state index in [0.29, 0.717) is 10.5 Å². The SMILES string of the molecule is O=C1/C(=C\C=C\c2ccccc2)SC(=S)N1C(=O)c1ccccc1. The largest absolute Gasteiger partial charge is 0.273 e. The summed E-state index contributed by atoms with van der Waals surface area (Å²) in [6.45, 7) is 0. The second kappa shape index (κ2) is 7.38. The van der Waals surface area contributed by atoms with Crippen LogP contribution in [-0.4, -0.2) is 21.0 Å². The van der Waals surface area contributed by atoms with Gasteiger partial charge < -0.3 is 0 Å². The van der Waals surface area contributed by atoms with Gasteiger partial charge in [-0.05, 0) is 23.8 Å². The van der Waals surface area contributed by atoms with E-state index in [1.54, 1.807) is 36.4 Å². The summed E-state index contributed by atoms with van der Waals surface area (Å²) < 4.78 is 0.258. The zero-order chi connectivity index (χ0) is 16.9. The highest BCUT2D eigenvalue weighted by molar-refractivity contribution is 8.26. The molecule has 2 aromatic carbocycles. The van der Waals surface area contributed by atoms with E-state index in [2.05, 4.69) is 0 Å². The van der Waals surface area contributed by atoms with E-state index in [1.807, 2.05) is 42.5 Å². The maximum Gasteiger partial charge on any atom is 0.273 e. The van der Waals surface area contributed by atoms with Crippen molar-refractivity contribution in [3.05, 3.63) is 88.8 Å². The predicted molar refractivity (Wildman–Crippen MR) is 101 cm³/mol. The van der Waals surface area contributed by atoms with E-state index in [0.717, 1.165) is 22.2 Å². The summed E-state index contributed by atoms with van der Waals surface area (Å²) in [4.78, 5) is 26.4. The molecule has 2 aromatic rings. The Hall–Kier alpha value is -2.50. The van der Waals surface area contributed by atoms with Gasteiger partial charge in [-0.2, -0.15) is 0 Å². The van der Waals surface area contributed by atoms with E-state index >= 15 is 0 Å². The van der Waals surface area contributed by atoms with Gasteiger partial charge in [-0.25, -0.2) is 4.90 Å². The Balaban J connectivity index is 1.78. The molecule has 0 unspecified atom stereocenters. The number of thiocarbonyl (C=S) groups is 1. The van der Waals surface area contributed by atoms with E-state index < -0.39 is 5.91 Å². The number of hydrogen-bond acceptors (Lipinski definition) is 4. The standard InChI is InChI=1S/C19H13NO2S2/c21-17(15-11-5-2-6-12-15)20-18(22)16(24-19(20)23)13-7-10-14-8-3-1-4-9-14/h1-13H/b10-7+,16-13+. The van der Waals surface area contributed by atoms with Crippen molar-refractivity contribution in [1.82, 2.24) is 4.90 Å². The first-order valence-electron chi connectivity index (χ1n) is 7.26. The van der Waals surface area contributed by atoms with Crippen LogP contribution in [0, 0.1) is 0 Å². The third-order valence-corrected chi connectivity index (χ3v) is 4.67.